The summed E-state index contributed by atoms with van der Waals surface area (Å²) in [6, 6.07) is 7.97. The SMILES string of the molecule is COc1nccc2ccc(CCCC(=O)O)cc12. The summed E-state index contributed by atoms with van der Waals surface area (Å²) in [5.74, 6) is -0.150. The van der Waals surface area contributed by atoms with Crippen LogP contribution in [0.5, 0.6) is 5.88 Å². The Hall–Kier alpha value is -2.10. The molecule has 1 aromatic heterocycles. The molecule has 0 unspecified atom stereocenters. The van der Waals surface area contributed by atoms with Gasteiger partial charge in [0.05, 0.1) is 7.11 Å². The average molecular weight is 245 g/mol. The van der Waals surface area contributed by atoms with Gasteiger partial charge in [-0.05, 0) is 35.9 Å². The largest absolute Gasteiger partial charge is 0.481 e. The third kappa shape index (κ3) is 2.77. The van der Waals surface area contributed by atoms with Crippen LogP contribution in [0.25, 0.3) is 10.8 Å². The molecule has 0 spiro atoms. The fourth-order valence-corrected chi connectivity index (χ4v) is 1.95. The van der Waals surface area contributed by atoms with Gasteiger partial charge in [-0.2, -0.15) is 0 Å². The summed E-state index contributed by atoms with van der Waals surface area (Å²) in [5, 5.41) is 10.7. The molecule has 0 aliphatic heterocycles. The normalized spacial score (nSPS) is 10.5. The Kier molecular flexibility index (Phi) is 3.77. The van der Waals surface area contributed by atoms with E-state index in [2.05, 4.69) is 4.98 Å². The van der Waals surface area contributed by atoms with Crippen LogP contribution in [0, 0.1) is 0 Å². The first-order valence-corrected chi connectivity index (χ1v) is 5.84. The highest BCUT2D eigenvalue weighted by atomic mass is 16.5. The van der Waals surface area contributed by atoms with Crippen LogP contribution in [0.1, 0.15) is 18.4 Å². The van der Waals surface area contributed by atoms with Gasteiger partial charge in [0.2, 0.25) is 5.88 Å². The van der Waals surface area contributed by atoms with E-state index in [0.29, 0.717) is 12.3 Å². The van der Waals surface area contributed by atoms with Crippen LogP contribution in [0.2, 0.25) is 0 Å². The number of nitrogens with zero attached hydrogens (tertiary/aromatic N) is 1. The first-order chi connectivity index (χ1) is 8.70. The van der Waals surface area contributed by atoms with Crippen molar-refractivity contribution in [3.8, 4) is 5.88 Å². The number of carboxylic acid groups (broad SMARTS) is 1. The molecule has 1 heterocycles. The van der Waals surface area contributed by atoms with Crippen LogP contribution in [-0.4, -0.2) is 23.2 Å². The van der Waals surface area contributed by atoms with Crippen LogP contribution in [0.4, 0.5) is 0 Å². The second-order valence-corrected chi connectivity index (χ2v) is 4.12. The zero-order chi connectivity index (χ0) is 13.0. The number of carbonyl (C=O) groups is 1. The van der Waals surface area contributed by atoms with E-state index in [1.807, 2.05) is 24.3 Å². The van der Waals surface area contributed by atoms with Crippen molar-refractivity contribution in [2.45, 2.75) is 19.3 Å². The van der Waals surface area contributed by atoms with Crippen molar-refractivity contribution >= 4 is 16.7 Å². The molecule has 0 aliphatic carbocycles. The Morgan fingerprint density at radius 1 is 1.39 bits per heavy atom. The van der Waals surface area contributed by atoms with Gasteiger partial charge in [-0.1, -0.05) is 12.1 Å². The number of methoxy groups -OCH3 is 1. The molecule has 0 fully saturated rings. The van der Waals surface area contributed by atoms with E-state index < -0.39 is 5.97 Å². The van der Waals surface area contributed by atoms with E-state index in [1.165, 1.54) is 0 Å². The summed E-state index contributed by atoms with van der Waals surface area (Å²) < 4.78 is 5.22. The first-order valence-electron chi connectivity index (χ1n) is 5.84. The fourth-order valence-electron chi connectivity index (χ4n) is 1.95. The van der Waals surface area contributed by atoms with Gasteiger partial charge in [-0.3, -0.25) is 4.79 Å². The van der Waals surface area contributed by atoms with Gasteiger partial charge in [0.1, 0.15) is 0 Å². The molecule has 0 atom stereocenters. The maximum absolute atomic E-state index is 10.5. The molecule has 94 valence electrons. The zero-order valence-corrected chi connectivity index (χ0v) is 10.2. The van der Waals surface area contributed by atoms with Crippen molar-refractivity contribution in [2.75, 3.05) is 7.11 Å². The number of ether oxygens (including phenoxy) is 1. The topological polar surface area (TPSA) is 59.4 Å². The van der Waals surface area contributed by atoms with E-state index in [0.717, 1.165) is 22.8 Å². The minimum Gasteiger partial charge on any atom is -0.481 e. The van der Waals surface area contributed by atoms with Crippen LogP contribution < -0.4 is 4.74 Å². The summed E-state index contributed by atoms with van der Waals surface area (Å²) in [5.41, 5.74) is 1.11. The number of rotatable bonds is 5. The standard InChI is InChI=1S/C14H15NO3/c1-18-14-12-9-10(3-2-4-13(16)17)5-6-11(12)7-8-15-14/h5-9H,2-4H2,1H3,(H,16,17). The molecule has 0 bridgehead atoms. The number of aromatic nitrogens is 1. The minimum absolute atomic E-state index is 0.197. The molecule has 2 rings (SSSR count). The number of carboxylic acids is 1. The molecule has 1 aromatic carbocycles. The quantitative estimate of drug-likeness (QED) is 0.879. The average Bonchev–Trinajstić information content (AvgIpc) is 2.37. The highest BCUT2D eigenvalue weighted by Gasteiger charge is 2.04. The number of benzene rings is 1. The molecule has 0 saturated carbocycles. The number of aryl methyl sites for hydroxylation is 1. The van der Waals surface area contributed by atoms with Gasteiger partial charge in [0.25, 0.3) is 0 Å². The lowest BCUT2D eigenvalue weighted by molar-refractivity contribution is -0.137. The third-order valence-electron chi connectivity index (χ3n) is 2.84. The number of fused-ring (bicyclic) bond motifs is 1. The summed E-state index contributed by atoms with van der Waals surface area (Å²) in [4.78, 5) is 14.6. The van der Waals surface area contributed by atoms with Gasteiger partial charge in [-0.15, -0.1) is 0 Å². The Balaban J connectivity index is 2.23. The van der Waals surface area contributed by atoms with E-state index in [4.69, 9.17) is 9.84 Å². The van der Waals surface area contributed by atoms with Crippen molar-refractivity contribution < 1.29 is 14.6 Å². The second kappa shape index (κ2) is 5.49. The first kappa shape index (κ1) is 12.4. The summed E-state index contributed by atoms with van der Waals surface area (Å²) in [6.07, 6.45) is 3.30. The van der Waals surface area contributed by atoms with Crippen LogP contribution in [0.3, 0.4) is 0 Å². The van der Waals surface area contributed by atoms with E-state index in [1.54, 1.807) is 13.3 Å². The minimum atomic E-state index is -0.755. The monoisotopic (exact) mass is 245 g/mol. The second-order valence-electron chi connectivity index (χ2n) is 4.12. The molecule has 4 heteroatoms. The number of hydrogen-bond donors (Lipinski definition) is 1. The predicted octanol–water partition coefficient (Wildman–Crippen LogP) is 2.65. The van der Waals surface area contributed by atoms with Gasteiger partial charge < -0.3 is 9.84 Å². The smallest absolute Gasteiger partial charge is 0.303 e. The van der Waals surface area contributed by atoms with Gasteiger partial charge in [0, 0.05) is 18.0 Å². The van der Waals surface area contributed by atoms with Gasteiger partial charge in [0.15, 0.2) is 0 Å². The van der Waals surface area contributed by atoms with Gasteiger partial charge >= 0.3 is 5.97 Å². The molecule has 0 saturated heterocycles. The molecule has 2 aromatic rings. The Labute approximate surface area is 105 Å². The van der Waals surface area contributed by atoms with E-state index in [9.17, 15) is 4.79 Å². The highest BCUT2D eigenvalue weighted by Crippen LogP contribution is 2.24. The lowest BCUT2D eigenvalue weighted by Crippen LogP contribution is -1.96. The van der Waals surface area contributed by atoms with E-state index in [-0.39, 0.29) is 6.42 Å². The maximum Gasteiger partial charge on any atom is 0.303 e. The predicted molar refractivity (Wildman–Crippen MR) is 68.9 cm³/mol. The van der Waals surface area contributed by atoms with Crippen LogP contribution in [0.15, 0.2) is 30.5 Å². The number of pyridine rings is 1. The van der Waals surface area contributed by atoms with Crippen LogP contribution in [-0.2, 0) is 11.2 Å². The molecule has 1 N–H and O–H groups in total. The molecule has 0 aliphatic rings. The molecule has 4 nitrogen and oxygen atoms in total. The maximum atomic E-state index is 10.5. The molecule has 0 radical (unpaired) electrons. The van der Waals surface area contributed by atoms with Crippen molar-refractivity contribution in [2.24, 2.45) is 0 Å². The van der Waals surface area contributed by atoms with Crippen molar-refractivity contribution in [3.63, 3.8) is 0 Å². The van der Waals surface area contributed by atoms with Crippen molar-refractivity contribution in [3.05, 3.63) is 36.0 Å². The summed E-state index contributed by atoms with van der Waals surface area (Å²) in [6.45, 7) is 0. The molecular weight excluding hydrogens is 230 g/mol. The van der Waals surface area contributed by atoms with Crippen molar-refractivity contribution in [1.29, 1.82) is 0 Å². The van der Waals surface area contributed by atoms with Crippen molar-refractivity contribution in [1.82, 2.24) is 4.98 Å². The van der Waals surface area contributed by atoms with Crippen LogP contribution >= 0.6 is 0 Å². The lowest BCUT2D eigenvalue weighted by atomic mass is 10.0. The number of hydrogen-bond acceptors (Lipinski definition) is 3. The molecule has 0 amide bonds. The highest BCUT2D eigenvalue weighted by molar-refractivity contribution is 5.87. The third-order valence-corrected chi connectivity index (χ3v) is 2.84. The summed E-state index contributed by atoms with van der Waals surface area (Å²) in [7, 11) is 1.60. The van der Waals surface area contributed by atoms with E-state index >= 15 is 0 Å². The Morgan fingerprint density at radius 2 is 2.22 bits per heavy atom. The Bertz CT molecular complexity index is 566. The zero-order valence-electron chi connectivity index (χ0n) is 10.2. The van der Waals surface area contributed by atoms with Gasteiger partial charge in [-0.25, -0.2) is 4.98 Å². The Morgan fingerprint density at radius 3 is 2.94 bits per heavy atom. The fraction of sp³-hybridized carbons (Fsp3) is 0.286. The molecule has 18 heavy (non-hydrogen) atoms. The summed E-state index contributed by atoms with van der Waals surface area (Å²) >= 11 is 0. The lowest BCUT2D eigenvalue weighted by Gasteiger charge is -2.06. The number of aliphatic carboxylic acids is 1. The molecular formula is C14H15NO3.